The molecule has 0 saturated carbocycles. The second-order valence-corrected chi connectivity index (χ2v) is 5.74. The fourth-order valence-corrected chi connectivity index (χ4v) is 2.69. The van der Waals surface area contributed by atoms with Crippen LogP contribution in [0.25, 0.3) is 0 Å². The molecule has 0 atom stereocenters. The molecule has 0 heterocycles. The first-order valence-electron chi connectivity index (χ1n) is 8.31. The van der Waals surface area contributed by atoms with Crippen LogP contribution in [0.2, 0.25) is 0 Å². The molecule has 0 heteroatoms. The molecular weight excluding hydrogens is 288 g/mol. The third-order valence-corrected chi connectivity index (χ3v) is 4.56. The average Bonchev–Trinajstić information content (AvgIpc) is 2.47. The fourth-order valence-electron chi connectivity index (χ4n) is 2.69. The standard InChI is InChI=1S/C16H26.2C2H6.4CH4/c1-9-16(7,8)15-13(5)11(3)10(2)12(4)14(15)6;2*1-2;;;;/h9H2,1-8H3;2*1-2H3;4*1H4. The van der Waals surface area contributed by atoms with Gasteiger partial charge in [0.25, 0.3) is 0 Å². The van der Waals surface area contributed by atoms with Crippen LogP contribution in [-0.4, -0.2) is 0 Å². The van der Waals surface area contributed by atoms with Crippen LogP contribution in [0.15, 0.2) is 0 Å². The minimum atomic E-state index is 0. The quantitative estimate of drug-likeness (QED) is 0.502. The highest BCUT2D eigenvalue weighted by molar-refractivity contribution is 5.52. The molecule has 1 rings (SSSR count). The Morgan fingerprint density at radius 3 is 0.958 bits per heavy atom. The topological polar surface area (TPSA) is 0 Å². The van der Waals surface area contributed by atoms with Gasteiger partial charge in [-0.25, -0.2) is 0 Å². The molecule has 0 nitrogen and oxygen atoms in total. The van der Waals surface area contributed by atoms with Crippen molar-refractivity contribution in [1.29, 1.82) is 0 Å². The molecule has 0 aromatic heterocycles. The Hall–Kier alpha value is -0.780. The van der Waals surface area contributed by atoms with E-state index in [1.165, 1.54) is 34.2 Å². The molecule has 0 fully saturated rings. The summed E-state index contributed by atoms with van der Waals surface area (Å²) in [5, 5.41) is 0. The van der Waals surface area contributed by atoms with Gasteiger partial charge in [-0.2, -0.15) is 0 Å². The van der Waals surface area contributed by atoms with Gasteiger partial charge in [-0.3, -0.25) is 0 Å². The van der Waals surface area contributed by atoms with Gasteiger partial charge >= 0.3 is 0 Å². The summed E-state index contributed by atoms with van der Waals surface area (Å²) in [6.45, 7) is 26.3. The van der Waals surface area contributed by atoms with E-state index in [1.807, 2.05) is 27.7 Å². The predicted molar refractivity (Wildman–Crippen MR) is 123 cm³/mol. The molecule has 0 radical (unpaired) electrons. The van der Waals surface area contributed by atoms with Crippen LogP contribution in [0.5, 0.6) is 0 Å². The number of benzene rings is 1. The molecule has 1 aromatic rings. The minimum Gasteiger partial charge on any atom is -0.0776 e. The van der Waals surface area contributed by atoms with Gasteiger partial charge in [0, 0.05) is 0 Å². The van der Waals surface area contributed by atoms with E-state index in [1.54, 1.807) is 5.56 Å². The van der Waals surface area contributed by atoms with E-state index >= 15 is 0 Å². The monoisotopic (exact) mass is 342 g/mol. The van der Waals surface area contributed by atoms with Gasteiger partial charge in [0.05, 0.1) is 0 Å². The average molecular weight is 343 g/mol. The third kappa shape index (κ3) is 8.36. The van der Waals surface area contributed by atoms with E-state index in [0.29, 0.717) is 0 Å². The van der Waals surface area contributed by atoms with Crippen molar-refractivity contribution in [3.63, 3.8) is 0 Å². The summed E-state index contributed by atoms with van der Waals surface area (Å²) in [6, 6.07) is 0. The zero-order chi connectivity index (χ0) is 16.7. The van der Waals surface area contributed by atoms with Gasteiger partial charge in [0.15, 0.2) is 0 Å². The second-order valence-electron chi connectivity index (χ2n) is 5.74. The molecule has 1 aromatic carbocycles. The van der Waals surface area contributed by atoms with Gasteiger partial charge in [-0.15, -0.1) is 0 Å². The normalized spacial score (nSPS) is 8.50. The predicted octanol–water partition coefficient (Wildman–Crippen LogP) is 9.51. The van der Waals surface area contributed by atoms with Crippen molar-refractivity contribution in [3.8, 4) is 0 Å². The van der Waals surface area contributed by atoms with Gasteiger partial charge in [-0.05, 0) is 79.8 Å². The van der Waals surface area contributed by atoms with Gasteiger partial charge in [0.1, 0.15) is 0 Å². The first-order valence-corrected chi connectivity index (χ1v) is 8.31. The van der Waals surface area contributed by atoms with Crippen molar-refractivity contribution in [3.05, 3.63) is 33.4 Å². The van der Waals surface area contributed by atoms with Crippen molar-refractivity contribution in [1.82, 2.24) is 0 Å². The largest absolute Gasteiger partial charge is 0.0776 e. The Kier molecular flexibility index (Phi) is 27.5. The van der Waals surface area contributed by atoms with Crippen LogP contribution in [0, 0.1) is 34.6 Å². The highest BCUT2D eigenvalue weighted by atomic mass is 14.3. The van der Waals surface area contributed by atoms with Gasteiger partial charge < -0.3 is 0 Å². The number of rotatable bonds is 2. The molecule has 0 bridgehead atoms. The highest BCUT2D eigenvalue weighted by Crippen LogP contribution is 2.36. The Labute approximate surface area is 158 Å². The number of hydrogen-bond acceptors (Lipinski definition) is 0. The second kappa shape index (κ2) is 17.1. The minimum absolute atomic E-state index is 0. The summed E-state index contributed by atoms with van der Waals surface area (Å²) in [7, 11) is 0. The molecule has 150 valence electrons. The Bertz CT molecular complexity index is 380. The molecule has 0 aliphatic carbocycles. The molecule has 0 aliphatic heterocycles. The summed E-state index contributed by atoms with van der Waals surface area (Å²) in [5.41, 5.74) is 9.25. The van der Waals surface area contributed by atoms with E-state index in [0.717, 1.165) is 0 Å². The molecule has 0 unspecified atom stereocenters. The Morgan fingerprint density at radius 2 is 0.750 bits per heavy atom. The molecule has 0 spiro atoms. The van der Waals surface area contributed by atoms with Crippen LogP contribution in [0.1, 0.15) is 118 Å². The highest BCUT2D eigenvalue weighted by Gasteiger charge is 2.25. The molecule has 24 heavy (non-hydrogen) atoms. The lowest BCUT2D eigenvalue weighted by molar-refractivity contribution is 0.499. The van der Waals surface area contributed by atoms with Crippen molar-refractivity contribution in [2.45, 2.75) is 125 Å². The lowest BCUT2D eigenvalue weighted by Gasteiger charge is -2.30. The summed E-state index contributed by atoms with van der Waals surface area (Å²) >= 11 is 0. The van der Waals surface area contributed by atoms with E-state index in [-0.39, 0.29) is 35.1 Å². The zero-order valence-corrected chi connectivity index (χ0v) is 16.2. The van der Waals surface area contributed by atoms with Crippen molar-refractivity contribution >= 4 is 0 Å². The van der Waals surface area contributed by atoms with Crippen LogP contribution in [-0.2, 0) is 5.41 Å². The third-order valence-electron chi connectivity index (χ3n) is 4.56. The first kappa shape index (κ1) is 38.7. The summed E-state index contributed by atoms with van der Waals surface area (Å²) in [5.74, 6) is 0. The maximum absolute atomic E-state index is 2.36. The lowest BCUT2D eigenvalue weighted by atomic mass is 9.74. The maximum atomic E-state index is 2.36. The van der Waals surface area contributed by atoms with E-state index in [2.05, 4.69) is 55.4 Å². The SMILES string of the molecule is C.C.C.C.CC.CC.CCC(C)(C)c1c(C)c(C)c(C)c(C)c1C. The molecule has 0 saturated heterocycles. The van der Waals surface area contributed by atoms with Crippen LogP contribution < -0.4 is 0 Å². The molecule has 0 aliphatic rings. The van der Waals surface area contributed by atoms with Crippen LogP contribution in [0.4, 0.5) is 0 Å². The van der Waals surface area contributed by atoms with Crippen LogP contribution >= 0.6 is 0 Å². The smallest absolute Gasteiger partial charge is 0.0101 e. The van der Waals surface area contributed by atoms with Crippen LogP contribution in [0.3, 0.4) is 0 Å². The van der Waals surface area contributed by atoms with Gasteiger partial charge in [-0.1, -0.05) is 78.2 Å². The lowest BCUT2D eigenvalue weighted by Crippen LogP contribution is -2.20. The van der Waals surface area contributed by atoms with Crippen molar-refractivity contribution in [2.75, 3.05) is 0 Å². The molecule has 0 amide bonds. The number of hydrogen-bond donors (Lipinski definition) is 0. The van der Waals surface area contributed by atoms with Crippen molar-refractivity contribution < 1.29 is 0 Å². The maximum Gasteiger partial charge on any atom is -0.0101 e. The van der Waals surface area contributed by atoms with Crippen molar-refractivity contribution in [2.24, 2.45) is 0 Å². The van der Waals surface area contributed by atoms with E-state index in [4.69, 9.17) is 0 Å². The van der Waals surface area contributed by atoms with Gasteiger partial charge in [0.2, 0.25) is 0 Å². The van der Waals surface area contributed by atoms with E-state index < -0.39 is 0 Å². The first-order chi connectivity index (χ1) is 9.24. The van der Waals surface area contributed by atoms with E-state index in [9.17, 15) is 0 Å². The fraction of sp³-hybridized carbons (Fsp3) is 0.750. The summed E-state index contributed by atoms with van der Waals surface area (Å²) < 4.78 is 0. The summed E-state index contributed by atoms with van der Waals surface area (Å²) in [4.78, 5) is 0. The Balaban J connectivity index is -0.0000000941. The summed E-state index contributed by atoms with van der Waals surface area (Å²) in [6.07, 6.45) is 1.19. The molecule has 0 N–H and O–H groups in total. The Morgan fingerprint density at radius 1 is 0.542 bits per heavy atom. The zero-order valence-electron chi connectivity index (χ0n) is 16.2. The molecular formula is C24H54.